The summed E-state index contributed by atoms with van der Waals surface area (Å²) in [7, 11) is 0. The van der Waals surface area contributed by atoms with E-state index in [0.29, 0.717) is 11.4 Å². The predicted octanol–water partition coefficient (Wildman–Crippen LogP) is 1.94. The Labute approximate surface area is 116 Å². The molecule has 1 N–H and O–H groups in total. The van der Waals surface area contributed by atoms with Crippen molar-refractivity contribution < 1.29 is 4.92 Å². The largest absolute Gasteiger partial charge is 0.368 e. The number of anilines is 1. The van der Waals surface area contributed by atoms with Gasteiger partial charge in [-0.05, 0) is 19.1 Å². The van der Waals surface area contributed by atoms with Crippen molar-refractivity contribution in [2.24, 2.45) is 0 Å². The van der Waals surface area contributed by atoms with E-state index < -0.39 is 0 Å². The minimum atomic E-state index is -0.353. The highest BCUT2D eigenvalue weighted by atomic mass is 16.6. The number of piperazine rings is 1. The summed E-state index contributed by atoms with van der Waals surface area (Å²) in [5, 5.41) is 16.0. The van der Waals surface area contributed by atoms with E-state index in [1.165, 1.54) is 0 Å². The Balaban J connectivity index is 2.12. The number of pyridine rings is 1. The number of benzene rings is 1. The molecule has 6 nitrogen and oxygen atoms in total. The lowest BCUT2D eigenvalue weighted by Crippen LogP contribution is -2.49. The Morgan fingerprint density at radius 2 is 2.25 bits per heavy atom. The third-order valence-electron chi connectivity index (χ3n) is 3.68. The number of nitrogens with one attached hydrogen (secondary N) is 1. The highest BCUT2D eigenvalue weighted by Crippen LogP contribution is 2.33. The molecule has 1 aromatic heterocycles. The molecule has 2 heterocycles. The van der Waals surface area contributed by atoms with Gasteiger partial charge in [0.1, 0.15) is 0 Å². The number of nitro benzene ring substituents is 1. The first-order chi connectivity index (χ1) is 9.66. The van der Waals surface area contributed by atoms with E-state index in [9.17, 15) is 10.1 Å². The quantitative estimate of drug-likeness (QED) is 0.668. The maximum Gasteiger partial charge on any atom is 0.278 e. The van der Waals surface area contributed by atoms with Gasteiger partial charge in [0, 0.05) is 55.2 Å². The van der Waals surface area contributed by atoms with Crippen LogP contribution in [0.4, 0.5) is 11.4 Å². The van der Waals surface area contributed by atoms with E-state index in [1.807, 2.05) is 12.1 Å². The van der Waals surface area contributed by atoms with E-state index in [4.69, 9.17) is 0 Å². The topological polar surface area (TPSA) is 71.3 Å². The molecule has 0 amide bonds. The Bertz CT molecular complexity index is 659. The lowest BCUT2D eigenvalue weighted by atomic mass is 10.1. The molecule has 0 spiro atoms. The SMILES string of the molecule is CC1CN(c2ccc([N+](=O)[O-])c3cnccc23)CCN1. The lowest BCUT2D eigenvalue weighted by molar-refractivity contribution is -0.383. The summed E-state index contributed by atoms with van der Waals surface area (Å²) in [6, 6.07) is 5.69. The van der Waals surface area contributed by atoms with Crippen LogP contribution in [0.5, 0.6) is 0 Å². The van der Waals surface area contributed by atoms with Crippen LogP contribution in [0.25, 0.3) is 10.8 Å². The van der Waals surface area contributed by atoms with Crippen LogP contribution in [0.2, 0.25) is 0 Å². The monoisotopic (exact) mass is 272 g/mol. The molecule has 0 saturated carbocycles. The van der Waals surface area contributed by atoms with Crippen molar-refractivity contribution in [2.45, 2.75) is 13.0 Å². The molecule has 1 aliphatic heterocycles. The van der Waals surface area contributed by atoms with Gasteiger partial charge in [-0.15, -0.1) is 0 Å². The Morgan fingerprint density at radius 1 is 1.40 bits per heavy atom. The molecule has 0 aliphatic carbocycles. The minimum absolute atomic E-state index is 0.111. The first-order valence-corrected chi connectivity index (χ1v) is 6.66. The zero-order valence-corrected chi connectivity index (χ0v) is 11.2. The van der Waals surface area contributed by atoms with Crippen molar-refractivity contribution in [2.75, 3.05) is 24.5 Å². The van der Waals surface area contributed by atoms with Crippen molar-refractivity contribution in [1.29, 1.82) is 0 Å². The molecule has 2 aromatic rings. The number of hydrogen-bond donors (Lipinski definition) is 1. The van der Waals surface area contributed by atoms with Crippen LogP contribution in [-0.2, 0) is 0 Å². The van der Waals surface area contributed by atoms with E-state index >= 15 is 0 Å². The molecule has 1 saturated heterocycles. The van der Waals surface area contributed by atoms with Crippen LogP contribution in [0, 0.1) is 10.1 Å². The predicted molar refractivity (Wildman–Crippen MR) is 78.1 cm³/mol. The number of nitro groups is 1. The number of nitrogens with zero attached hydrogens (tertiary/aromatic N) is 3. The van der Waals surface area contributed by atoms with Crippen LogP contribution in [0.3, 0.4) is 0 Å². The van der Waals surface area contributed by atoms with Gasteiger partial charge < -0.3 is 10.2 Å². The third kappa shape index (κ3) is 2.18. The van der Waals surface area contributed by atoms with Gasteiger partial charge in [-0.3, -0.25) is 15.1 Å². The molecule has 6 heteroatoms. The van der Waals surface area contributed by atoms with Gasteiger partial charge in [0.2, 0.25) is 0 Å². The fourth-order valence-electron chi connectivity index (χ4n) is 2.75. The molecule has 1 aromatic carbocycles. The second kappa shape index (κ2) is 5.05. The fraction of sp³-hybridized carbons (Fsp3) is 0.357. The summed E-state index contributed by atoms with van der Waals surface area (Å²) in [4.78, 5) is 17.0. The summed E-state index contributed by atoms with van der Waals surface area (Å²) in [5.41, 5.74) is 1.15. The van der Waals surface area contributed by atoms with Crippen LogP contribution in [-0.4, -0.2) is 35.6 Å². The fourth-order valence-corrected chi connectivity index (χ4v) is 2.75. The zero-order valence-electron chi connectivity index (χ0n) is 11.2. The van der Waals surface area contributed by atoms with Crippen LogP contribution in [0.1, 0.15) is 6.92 Å². The maximum absolute atomic E-state index is 11.1. The maximum atomic E-state index is 11.1. The number of rotatable bonds is 2. The summed E-state index contributed by atoms with van der Waals surface area (Å²) < 4.78 is 0. The molecule has 1 atom stereocenters. The van der Waals surface area contributed by atoms with Crippen molar-refractivity contribution in [3.8, 4) is 0 Å². The molecular weight excluding hydrogens is 256 g/mol. The van der Waals surface area contributed by atoms with Gasteiger partial charge in [0.15, 0.2) is 0 Å². The molecule has 0 bridgehead atoms. The summed E-state index contributed by atoms with van der Waals surface area (Å²) in [6.45, 7) is 4.86. The Morgan fingerprint density at radius 3 is 3.00 bits per heavy atom. The van der Waals surface area contributed by atoms with Crippen molar-refractivity contribution in [3.63, 3.8) is 0 Å². The number of hydrogen-bond acceptors (Lipinski definition) is 5. The first-order valence-electron chi connectivity index (χ1n) is 6.66. The summed E-state index contributed by atoms with van der Waals surface area (Å²) in [5.74, 6) is 0. The van der Waals surface area contributed by atoms with Gasteiger partial charge in [-0.1, -0.05) is 0 Å². The minimum Gasteiger partial charge on any atom is -0.368 e. The van der Waals surface area contributed by atoms with Crippen molar-refractivity contribution in [1.82, 2.24) is 10.3 Å². The highest BCUT2D eigenvalue weighted by molar-refractivity contribution is 5.99. The smallest absolute Gasteiger partial charge is 0.278 e. The standard InChI is InChI=1S/C14H16N4O2/c1-10-9-17(7-6-16-10)13-2-3-14(18(19)20)12-8-15-5-4-11(12)13/h2-5,8,10,16H,6-7,9H2,1H3. The van der Waals surface area contributed by atoms with Gasteiger partial charge in [0.05, 0.1) is 10.3 Å². The highest BCUT2D eigenvalue weighted by Gasteiger charge is 2.21. The van der Waals surface area contributed by atoms with E-state index in [-0.39, 0.29) is 10.6 Å². The molecule has 20 heavy (non-hydrogen) atoms. The van der Waals surface area contributed by atoms with Gasteiger partial charge in [-0.2, -0.15) is 0 Å². The molecular formula is C14H16N4O2. The van der Waals surface area contributed by atoms with Crippen molar-refractivity contribution >= 4 is 22.1 Å². The molecule has 1 unspecified atom stereocenters. The normalized spacial score (nSPS) is 19.2. The molecule has 0 radical (unpaired) electrons. The number of aromatic nitrogens is 1. The van der Waals surface area contributed by atoms with Gasteiger partial charge in [0.25, 0.3) is 5.69 Å². The average Bonchev–Trinajstić information content (AvgIpc) is 2.46. The first kappa shape index (κ1) is 12.8. The molecule has 1 aliphatic rings. The summed E-state index contributed by atoms with van der Waals surface area (Å²) in [6.07, 6.45) is 3.25. The zero-order chi connectivity index (χ0) is 14.1. The summed E-state index contributed by atoms with van der Waals surface area (Å²) >= 11 is 0. The van der Waals surface area contributed by atoms with Crippen LogP contribution < -0.4 is 10.2 Å². The average molecular weight is 272 g/mol. The number of fused-ring (bicyclic) bond motifs is 1. The van der Waals surface area contributed by atoms with Crippen LogP contribution >= 0.6 is 0 Å². The van der Waals surface area contributed by atoms with Gasteiger partial charge >= 0.3 is 0 Å². The number of non-ortho nitro benzene ring substituents is 1. The molecule has 1 fully saturated rings. The van der Waals surface area contributed by atoms with Crippen molar-refractivity contribution in [3.05, 3.63) is 40.7 Å². The van der Waals surface area contributed by atoms with E-state index in [0.717, 1.165) is 30.7 Å². The van der Waals surface area contributed by atoms with Crippen LogP contribution in [0.15, 0.2) is 30.6 Å². The Kier molecular flexibility index (Phi) is 3.23. The second-order valence-corrected chi connectivity index (χ2v) is 5.08. The van der Waals surface area contributed by atoms with E-state index in [2.05, 4.69) is 22.1 Å². The lowest BCUT2D eigenvalue weighted by Gasteiger charge is -2.34. The Hall–Kier alpha value is -2.21. The molecule has 3 rings (SSSR count). The third-order valence-corrected chi connectivity index (χ3v) is 3.68. The van der Waals surface area contributed by atoms with Gasteiger partial charge in [-0.25, -0.2) is 0 Å². The van der Waals surface area contributed by atoms with E-state index in [1.54, 1.807) is 18.5 Å². The molecule has 104 valence electrons. The second-order valence-electron chi connectivity index (χ2n) is 5.08.